The Labute approximate surface area is 133 Å². The predicted octanol–water partition coefficient (Wildman–Crippen LogP) is 3.18. The van der Waals surface area contributed by atoms with Crippen molar-refractivity contribution >= 4 is 0 Å². The summed E-state index contributed by atoms with van der Waals surface area (Å²) < 4.78 is 10.9. The third-order valence-electron chi connectivity index (χ3n) is 3.75. The molecule has 0 amide bonds. The summed E-state index contributed by atoms with van der Waals surface area (Å²) in [6.45, 7) is 4.13. The zero-order valence-corrected chi connectivity index (χ0v) is 13.5. The van der Waals surface area contributed by atoms with Gasteiger partial charge in [-0.15, -0.1) is 0 Å². The summed E-state index contributed by atoms with van der Waals surface area (Å²) in [5.41, 5.74) is 1.38. The average molecular weight is 300 g/mol. The molecule has 0 aliphatic rings. The quantitative estimate of drug-likeness (QED) is 0.722. The van der Waals surface area contributed by atoms with Crippen LogP contribution in [0.15, 0.2) is 54.6 Å². The fourth-order valence-corrected chi connectivity index (χ4v) is 2.39. The normalized spacial score (nSPS) is 11.9. The van der Waals surface area contributed by atoms with Gasteiger partial charge >= 0.3 is 0 Å². The number of rotatable bonds is 9. The Bertz CT molecular complexity index is 542. The van der Waals surface area contributed by atoms with Crippen molar-refractivity contribution in [2.24, 2.45) is 0 Å². The first-order chi connectivity index (χ1) is 10.8. The zero-order chi connectivity index (χ0) is 15.6. The van der Waals surface area contributed by atoms with Crippen molar-refractivity contribution in [2.45, 2.75) is 25.8 Å². The number of hydrogen-bond acceptors (Lipinski definition) is 2. The minimum Gasteiger partial charge on any atom is -0.497 e. The molecule has 2 aromatic rings. The summed E-state index contributed by atoms with van der Waals surface area (Å²) in [4.78, 5) is 0. The lowest BCUT2D eigenvalue weighted by atomic mass is 10.1. The molecule has 0 aromatic heterocycles. The van der Waals surface area contributed by atoms with Crippen LogP contribution < -0.4 is 14.8 Å². The van der Waals surface area contributed by atoms with Crippen LogP contribution in [0.3, 0.4) is 0 Å². The topological polar surface area (TPSA) is 35.1 Å². The first-order valence-corrected chi connectivity index (χ1v) is 7.94. The molecular formula is C19H26NO2+. The van der Waals surface area contributed by atoms with Crippen LogP contribution in [0.25, 0.3) is 0 Å². The van der Waals surface area contributed by atoms with Gasteiger partial charge in [-0.3, -0.25) is 0 Å². The second-order valence-corrected chi connectivity index (χ2v) is 5.46. The van der Waals surface area contributed by atoms with Crippen LogP contribution in [0.1, 0.15) is 31.4 Å². The Kier molecular flexibility index (Phi) is 6.78. The van der Waals surface area contributed by atoms with Gasteiger partial charge in [-0.25, -0.2) is 0 Å². The fourth-order valence-electron chi connectivity index (χ4n) is 2.39. The molecule has 0 aliphatic heterocycles. The molecule has 0 heterocycles. The van der Waals surface area contributed by atoms with Crippen molar-refractivity contribution < 1.29 is 14.8 Å². The molecular weight excluding hydrogens is 274 g/mol. The number of nitrogens with two attached hydrogens (primary N) is 1. The third kappa shape index (κ3) is 5.41. The number of methoxy groups -OCH3 is 1. The van der Waals surface area contributed by atoms with E-state index in [4.69, 9.17) is 9.47 Å². The maximum atomic E-state index is 5.75. The summed E-state index contributed by atoms with van der Waals surface area (Å²) in [5, 5.41) is 2.39. The van der Waals surface area contributed by atoms with Gasteiger partial charge in [0.05, 0.1) is 20.3 Å². The smallest absolute Gasteiger partial charge is 0.122 e. The van der Waals surface area contributed by atoms with E-state index >= 15 is 0 Å². The number of benzene rings is 2. The number of unbranched alkanes of at least 4 members (excludes halogenated alkanes) is 1. The van der Waals surface area contributed by atoms with Gasteiger partial charge in [-0.2, -0.15) is 0 Å². The summed E-state index contributed by atoms with van der Waals surface area (Å²) >= 11 is 0. The molecule has 2 rings (SSSR count). The molecule has 0 radical (unpaired) electrons. The number of quaternary nitrogens is 1. The predicted molar refractivity (Wildman–Crippen MR) is 89.4 cm³/mol. The van der Waals surface area contributed by atoms with Gasteiger partial charge in [0.1, 0.15) is 17.5 Å². The third-order valence-corrected chi connectivity index (χ3v) is 3.75. The van der Waals surface area contributed by atoms with Gasteiger partial charge in [-0.05, 0) is 31.9 Å². The van der Waals surface area contributed by atoms with Crippen LogP contribution in [0.2, 0.25) is 0 Å². The molecule has 22 heavy (non-hydrogen) atoms. The Morgan fingerprint density at radius 2 is 1.73 bits per heavy atom. The van der Waals surface area contributed by atoms with Crippen molar-refractivity contribution in [3.63, 3.8) is 0 Å². The van der Waals surface area contributed by atoms with Gasteiger partial charge in [0.15, 0.2) is 0 Å². The molecule has 0 spiro atoms. The Morgan fingerprint density at radius 1 is 0.955 bits per heavy atom. The maximum Gasteiger partial charge on any atom is 0.122 e. The van der Waals surface area contributed by atoms with E-state index in [0.29, 0.717) is 6.04 Å². The molecule has 0 unspecified atom stereocenters. The largest absolute Gasteiger partial charge is 0.497 e. The van der Waals surface area contributed by atoms with Crippen LogP contribution in [-0.2, 0) is 0 Å². The van der Waals surface area contributed by atoms with E-state index in [1.54, 1.807) is 7.11 Å². The van der Waals surface area contributed by atoms with Crippen molar-refractivity contribution in [1.29, 1.82) is 0 Å². The van der Waals surface area contributed by atoms with Crippen LogP contribution >= 0.6 is 0 Å². The molecule has 0 aliphatic carbocycles. The first kappa shape index (κ1) is 16.4. The Morgan fingerprint density at radius 3 is 2.50 bits per heavy atom. The summed E-state index contributed by atoms with van der Waals surface area (Å²) in [6, 6.07) is 18.9. The van der Waals surface area contributed by atoms with Crippen LogP contribution in [0.5, 0.6) is 11.5 Å². The lowest BCUT2D eigenvalue weighted by Gasteiger charge is -2.11. The lowest BCUT2D eigenvalue weighted by molar-refractivity contribution is -0.693. The van der Waals surface area contributed by atoms with Gasteiger partial charge < -0.3 is 14.8 Å². The van der Waals surface area contributed by atoms with Gasteiger partial charge in [0, 0.05) is 11.6 Å². The van der Waals surface area contributed by atoms with Crippen LogP contribution in [0.4, 0.5) is 0 Å². The summed E-state index contributed by atoms with van der Waals surface area (Å²) in [6.07, 6.45) is 2.22. The monoisotopic (exact) mass is 300 g/mol. The van der Waals surface area contributed by atoms with E-state index < -0.39 is 0 Å². The van der Waals surface area contributed by atoms with E-state index in [1.807, 2.05) is 24.3 Å². The minimum absolute atomic E-state index is 0.514. The average Bonchev–Trinajstić information content (AvgIpc) is 2.58. The molecule has 118 valence electrons. The van der Waals surface area contributed by atoms with E-state index in [-0.39, 0.29) is 0 Å². The van der Waals surface area contributed by atoms with Crippen molar-refractivity contribution in [2.75, 3.05) is 20.3 Å². The summed E-state index contributed by atoms with van der Waals surface area (Å²) in [7, 11) is 1.67. The highest BCUT2D eigenvalue weighted by Gasteiger charge is 2.06. The van der Waals surface area contributed by atoms with Gasteiger partial charge in [0.2, 0.25) is 0 Å². The van der Waals surface area contributed by atoms with Crippen molar-refractivity contribution in [3.05, 3.63) is 60.2 Å². The molecule has 0 fully saturated rings. The van der Waals surface area contributed by atoms with Gasteiger partial charge in [-0.1, -0.05) is 36.4 Å². The highest BCUT2D eigenvalue weighted by atomic mass is 16.5. The summed E-state index contributed by atoms with van der Waals surface area (Å²) in [5.74, 6) is 1.71. The highest BCUT2D eigenvalue weighted by Crippen LogP contribution is 2.18. The molecule has 2 aromatic carbocycles. The van der Waals surface area contributed by atoms with Crippen LogP contribution in [0, 0.1) is 0 Å². The van der Waals surface area contributed by atoms with E-state index in [1.165, 1.54) is 5.56 Å². The Hall–Kier alpha value is -2.00. The van der Waals surface area contributed by atoms with E-state index in [9.17, 15) is 0 Å². The second-order valence-electron chi connectivity index (χ2n) is 5.46. The lowest BCUT2D eigenvalue weighted by Crippen LogP contribution is -2.84. The van der Waals surface area contributed by atoms with E-state index in [0.717, 1.165) is 37.5 Å². The molecule has 2 N–H and O–H groups in total. The molecule has 0 bridgehead atoms. The van der Waals surface area contributed by atoms with Crippen LogP contribution in [-0.4, -0.2) is 20.3 Å². The van der Waals surface area contributed by atoms with Crippen molar-refractivity contribution in [3.8, 4) is 11.5 Å². The van der Waals surface area contributed by atoms with Gasteiger partial charge in [0.25, 0.3) is 0 Å². The maximum absolute atomic E-state index is 5.75. The van der Waals surface area contributed by atoms with Crippen molar-refractivity contribution in [1.82, 2.24) is 0 Å². The molecule has 3 heteroatoms. The molecule has 0 saturated heterocycles. The minimum atomic E-state index is 0.514. The highest BCUT2D eigenvalue weighted by molar-refractivity contribution is 5.32. The second kappa shape index (κ2) is 9.11. The number of hydrogen-bond donors (Lipinski definition) is 1. The standard InChI is InChI=1S/C19H25NO2/c1-16(17-9-4-3-5-10-17)20-13-6-7-14-22-19-12-8-11-18(15-19)21-2/h3-5,8-12,15-16,20H,6-7,13-14H2,1-2H3/p+1/t16-/m1/s1. The Balaban J connectivity index is 1.59. The molecule has 3 nitrogen and oxygen atoms in total. The fraction of sp³-hybridized carbons (Fsp3) is 0.368. The SMILES string of the molecule is COc1cccc(OCCCC[NH2+][C@H](C)c2ccccc2)c1. The molecule has 1 atom stereocenters. The van der Waals surface area contributed by atoms with E-state index in [2.05, 4.69) is 42.6 Å². The first-order valence-electron chi connectivity index (χ1n) is 7.94. The molecule has 0 saturated carbocycles. The zero-order valence-electron chi connectivity index (χ0n) is 13.5. The number of ether oxygens (including phenoxy) is 2.